The molecule has 0 heterocycles. The first-order valence-electron chi connectivity index (χ1n) is 5.25. The summed E-state index contributed by atoms with van der Waals surface area (Å²) < 4.78 is 5.04. The molecule has 0 aliphatic carbocycles. The van der Waals surface area contributed by atoms with Gasteiger partial charge < -0.3 is 15.8 Å². The van der Waals surface area contributed by atoms with Gasteiger partial charge in [-0.3, -0.25) is 4.79 Å². The van der Waals surface area contributed by atoms with E-state index >= 15 is 0 Å². The van der Waals surface area contributed by atoms with Crippen molar-refractivity contribution in [3.8, 4) is 0 Å². The van der Waals surface area contributed by atoms with E-state index in [1.54, 1.807) is 7.11 Å². The summed E-state index contributed by atoms with van der Waals surface area (Å²) in [4.78, 5) is 10.9. The lowest BCUT2D eigenvalue weighted by Gasteiger charge is -2.16. The van der Waals surface area contributed by atoms with Crippen molar-refractivity contribution in [2.75, 3.05) is 19.0 Å². The second kappa shape index (κ2) is 6.12. The highest BCUT2D eigenvalue weighted by Gasteiger charge is 2.07. The predicted octanol–water partition coefficient (Wildman–Crippen LogP) is 1.16. The molecular formula is C12H18N2O2. The van der Waals surface area contributed by atoms with Crippen LogP contribution in [-0.4, -0.2) is 25.7 Å². The first-order chi connectivity index (χ1) is 7.63. The smallest absolute Gasteiger partial charge is 0.221 e. The average Bonchev–Trinajstić information content (AvgIpc) is 2.20. The predicted molar refractivity (Wildman–Crippen MR) is 64.3 cm³/mol. The number of hydrogen-bond donors (Lipinski definition) is 2. The Labute approximate surface area is 95.8 Å². The Morgan fingerprint density at radius 3 is 2.81 bits per heavy atom. The number of para-hydroxylation sites is 1. The summed E-state index contributed by atoms with van der Waals surface area (Å²) >= 11 is 0. The molecule has 0 saturated carbocycles. The number of carbonyl (C=O) groups is 1. The Hall–Kier alpha value is -1.55. The van der Waals surface area contributed by atoms with Crippen molar-refractivity contribution in [3.05, 3.63) is 29.8 Å². The van der Waals surface area contributed by atoms with Crippen molar-refractivity contribution in [1.82, 2.24) is 0 Å². The quantitative estimate of drug-likeness (QED) is 0.759. The number of nitrogens with one attached hydrogen (secondary N) is 1. The van der Waals surface area contributed by atoms with Crippen molar-refractivity contribution in [1.29, 1.82) is 0 Å². The number of ether oxygens (including phenoxy) is 1. The van der Waals surface area contributed by atoms with Gasteiger partial charge in [0.05, 0.1) is 13.0 Å². The monoisotopic (exact) mass is 222 g/mol. The maximum absolute atomic E-state index is 10.9. The van der Waals surface area contributed by atoms with Crippen LogP contribution in [0, 0.1) is 0 Å². The van der Waals surface area contributed by atoms with E-state index in [1.807, 2.05) is 31.2 Å². The molecule has 4 nitrogen and oxygen atoms in total. The van der Waals surface area contributed by atoms with E-state index in [4.69, 9.17) is 10.5 Å². The van der Waals surface area contributed by atoms with Gasteiger partial charge >= 0.3 is 0 Å². The lowest BCUT2D eigenvalue weighted by molar-refractivity contribution is -0.117. The van der Waals surface area contributed by atoms with Crippen LogP contribution in [0.25, 0.3) is 0 Å². The van der Waals surface area contributed by atoms with Gasteiger partial charge in [0.25, 0.3) is 0 Å². The lowest BCUT2D eigenvalue weighted by Crippen LogP contribution is -2.22. The molecule has 1 atom stereocenters. The van der Waals surface area contributed by atoms with Crippen LogP contribution in [0.2, 0.25) is 0 Å². The molecule has 16 heavy (non-hydrogen) atoms. The Morgan fingerprint density at radius 1 is 1.50 bits per heavy atom. The highest BCUT2D eigenvalue weighted by Crippen LogP contribution is 2.16. The highest BCUT2D eigenvalue weighted by molar-refractivity contribution is 5.78. The van der Waals surface area contributed by atoms with Gasteiger partial charge in [-0.25, -0.2) is 0 Å². The minimum atomic E-state index is -0.325. The summed E-state index contributed by atoms with van der Waals surface area (Å²) in [5, 5.41) is 3.28. The third-order valence-electron chi connectivity index (χ3n) is 2.20. The zero-order valence-electron chi connectivity index (χ0n) is 9.69. The van der Waals surface area contributed by atoms with E-state index in [0.717, 1.165) is 11.3 Å². The summed E-state index contributed by atoms with van der Waals surface area (Å²) in [7, 11) is 1.66. The van der Waals surface area contributed by atoms with Crippen molar-refractivity contribution >= 4 is 11.6 Å². The van der Waals surface area contributed by atoms with Crippen LogP contribution in [0.15, 0.2) is 24.3 Å². The first-order valence-corrected chi connectivity index (χ1v) is 5.25. The van der Waals surface area contributed by atoms with Gasteiger partial charge in [-0.2, -0.15) is 0 Å². The van der Waals surface area contributed by atoms with Gasteiger partial charge in [-0.05, 0) is 18.6 Å². The van der Waals surface area contributed by atoms with Gasteiger partial charge in [0.15, 0.2) is 0 Å². The fourth-order valence-electron chi connectivity index (χ4n) is 1.56. The molecule has 0 radical (unpaired) electrons. The Balaban J connectivity index is 2.74. The van der Waals surface area contributed by atoms with E-state index in [-0.39, 0.29) is 18.4 Å². The molecule has 1 aromatic carbocycles. The van der Waals surface area contributed by atoms with Crippen molar-refractivity contribution in [2.45, 2.75) is 19.4 Å². The Morgan fingerprint density at radius 2 is 2.19 bits per heavy atom. The fraction of sp³-hybridized carbons (Fsp3) is 0.417. The van der Waals surface area contributed by atoms with Gasteiger partial charge in [0.2, 0.25) is 5.91 Å². The molecule has 0 spiro atoms. The van der Waals surface area contributed by atoms with E-state index < -0.39 is 0 Å². The second-order valence-electron chi connectivity index (χ2n) is 3.80. The minimum absolute atomic E-state index is 0.194. The maximum atomic E-state index is 10.9. The van der Waals surface area contributed by atoms with Crippen molar-refractivity contribution in [2.24, 2.45) is 5.73 Å². The van der Waals surface area contributed by atoms with Crippen LogP contribution in [0.3, 0.4) is 0 Å². The molecular weight excluding hydrogens is 204 g/mol. The lowest BCUT2D eigenvalue weighted by atomic mass is 10.1. The SMILES string of the molecule is COCC(C)Nc1ccccc1CC(N)=O. The molecule has 1 amide bonds. The zero-order valence-corrected chi connectivity index (χ0v) is 9.69. The number of nitrogens with two attached hydrogens (primary N) is 1. The molecule has 0 aliphatic heterocycles. The van der Waals surface area contributed by atoms with E-state index in [0.29, 0.717) is 6.61 Å². The molecule has 4 heteroatoms. The van der Waals surface area contributed by atoms with Crippen LogP contribution in [-0.2, 0) is 16.0 Å². The molecule has 3 N–H and O–H groups in total. The molecule has 0 bridgehead atoms. The van der Waals surface area contributed by atoms with Crippen LogP contribution in [0.5, 0.6) is 0 Å². The van der Waals surface area contributed by atoms with Crippen LogP contribution in [0.4, 0.5) is 5.69 Å². The molecule has 0 fully saturated rings. The van der Waals surface area contributed by atoms with Crippen LogP contribution >= 0.6 is 0 Å². The van der Waals surface area contributed by atoms with E-state index in [9.17, 15) is 4.79 Å². The third-order valence-corrected chi connectivity index (χ3v) is 2.20. The van der Waals surface area contributed by atoms with Gasteiger partial charge in [-0.15, -0.1) is 0 Å². The molecule has 0 aromatic heterocycles. The number of rotatable bonds is 6. The third kappa shape index (κ3) is 3.90. The van der Waals surface area contributed by atoms with Gasteiger partial charge in [0.1, 0.15) is 0 Å². The molecule has 1 rings (SSSR count). The van der Waals surface area contributed by atoms with E-state index in [2.05, 4.69) is 5.32 Å². The molecule has 88 valence electrons. The highest BCUT2D eigenvalue weighted by atomic mass is 16.5. The van der Waals surface area contributed by atoms with Gasteiger partial charge in [0, 0.05) is 18.8 Å². The van der Waals surface area contributed by atoms with Crippen molar-refractivity contribution < 1.29 is 9.53 Å². The summed E-state index contributed by atoms with van der Waals surface area (Å²) in [6.07, 6.45) is 0.253. The molecule has 0 saturated heterocycles. The molecule has 1 aromatic rings. The number of methoxy groups -OCH3 is 1. The molecule has 1 unspecified atom stereocenters. The number of carbonyl (C=O) groups excluding carboxylic acids is 1. The second-order valence-corrected chi connectivity index (χ2v) is 3.80. The normalized spacial score (nSPS) is 12.1. The molecule has 0 aliphatic rings. The summed E-state index contributed by atoms with van der Waals surface area (Å²) in [6.45, 7) is 2.63. The number of hydrogen-bond acceptors (Lipinski definition) is 3. The fourth-order valence-corrected chi connectivity index (χ4v) is 1.56. The van der Waals surface area contributed by atoms with Crippen molar-refractivity contribution in [3.63, 3.8) is 0 Å². The average molecular weight is 222 g/mol. The minimum Gasteiger partial charge on any atom is -0.383 e. The first kappa shape index (κ1) is 12.5. The number of amides is 1. The summed E-state index contributed by atoms with van der Waals surface area (Å²) in [5.74, 6) is -0.325. The number of primary amides is 1. The van der Waals surface area contributed by atoms with Crippen LogP contribution in [0.1, 0.15) is 12.5 Å². The zero-order chi connectivity index (χ0) is 12.0. The van der Waals surface area contributed by atoms with Crippen LogP contribution < -0.4 is 11.1 Å². The standard InChI is InChI=1S/C12H18N2O2/c1-9(8-16-2)14-11-6-4-3-5-10(11)7-12(13)15/h3-6,9,14H,7-8H2,1-2H3,(H2,13,15). The number of benzene rings is 1. The largest absolute Gasteiger partial charge is 0.383 e. The summed E-state index contributed by atoms with van der Waals surface area (Å²) in [6, 6.07) is 7.84. The Bertz CT molecular complexity index is 353. The topological polar surface area (TPSA) is 64.3 Å². The number of anilines is 1. The maximum Gasteiger partial charge on any atom is 0.221 e. The Kier molecular flexibility index (Phi) is 4.79. The summed E-state index contributed by atoms with van der Waals surface area (Å²) in [5.41, 5.74) is 7.04. The van der Waals surface area contributed by atoms with E-state index in [1.165, 1.54) is 0 Å². The van der Waals surface area contributed by atoms with Gasteiger partial charge in [-0.1, -0.05) is 18.2 Å².